The van der Waals surface area contributed by atoms with Crippen molar-refractivity contribution in [3.63, 3.8) is 0 Å². The molecule has 5 nitrogen and oxygen atoms in total. The summed E-state index contributed by atoms with van der Waals surface area (Å²) in [5.74, 6) is -0.632. The molecule has 3 N–H and O–H groups in total. The average Bonchev–Trinajstić information content (AvgIpc) is 2.47. The third-order valence-electron chi connectivity index (χ3n) is 3.14. The highest BCUT2D eigenvalue weighted by atomic mass is 35.5. The number of carbonyl (C=O) groups excluding carboxylic acids is 1. The SMILES string of the molecule is CC(C)(C)OC(=O)c1cc(NCc2cc(Cl)ccc2O)ccc1O. The fraction of sp³-hybridized carbons (Fsp3) is 0.278. The number of benzene rings is 2. The Kier molecular flexibility index (Phi) is 5.24. The number of nitrogens with one attached hydrogen (secondary N) is 1. The second-order valence-corrected chi connectivity index (χ2v) is 6.80. The van der Waals surface area contributed by atoms with Crippen LogP contribution in [0.4, 0.5) is 5.69 Å². The lowest BCUT2D eigenvalue weighted by Gasteiger charge is -2.20. The van der Waals surface area contributed by atoms with Gasteiger partial charge in [-0.05, 0) is 57.2 Å². The first-order chi connectivity index (χ1) is 11.2. The molecule has 0 bridgehead atoms. The number of hydrogen-bond donors (Lipinski definition) is 3. The Morgan fingerprint density at radius 1 is 1.12 bits per heavy atom. The van der Waals surface area contributed by atoms with Crippen LogP contribution >= 0.6 is 11.6 Å². The average molecular weight is 350 g/mol. The van der Waals surface area contributed by atoms with Gasteiger partial charge in [0, 0.05) is 22.8 Å². The Hall–Kier alpha value is -2.40. The van der Waals surface area contributed by atoms with Gasteiger partial charge in [0.05, 0.1) is 0 Å². The van der Waals surface area contributed by atoms with Gasteiger partial charge in [0.15, 0.2) is 0 Å². The van der Waals surface area contributed by atoms with Crippen molar-refractivity contribution < 1.29 is 19.7 Å². The summed E-state index contributed by atoms with van der Waals surface area (Å²) in [5, 5.41) is 23.3. The summed E-state index contributed by atoms with van der Waals surface area (Å²) in [5.41, 5.74) is 0.646. The van der Waals surface area contributed by atoms with E-state index in [0.29, 0.717) is 22.8 Å². The van der Waals surface area contributed by atoms with Crippen LogP contribution in [0.2, 0.25) is 5.02 Å². The third kappa shape index (κ3) is 4.80. The van der Waals surface area contributed by atoms with Gasteiger partial charge in [-0.1, -0.05) is 11.6 Å². The molecule has 0 aromatic heterocycles. The highest BCUT2D eigenvalue weighted by molar-refractivity contribution is 6.30. The third-order valence-corrected chi connectivity index (χ3v) is 3.37. The molecule has 2 rings (SSSR count). The van der Waals surface area contributed by atoms with Gasteiger partial charge >= 0.3 is 5.97 Å². The lowest BCUT2D eigenvalue weighted by Crippen LogP contribution is -2.24. The van der Waals surface area contributed by atoms with E-state index in [-0.39, 0.29) is 17.1 Å². The smallest absolute Gasteiger partial charge is 0.342 e. The van der Waals surface area contributed by atoms with Crippen molar-refractivity contribution in [2.24, 2.45) is 0 Å². The lowest BCUT2D eigenvalue weighted by atomic mass is 10.1. The fourth-order valence-electron chi connectivity index (χ4n) is 2.04. The Balaban J connectivity index is 2.16. The summed E-state index contributed by atoms with van der Waals surface area (Å²) in [6, 6.07) is 9.32. The summed E-state index contributed by atoms with van der Waals surface area (Å²) >= 11 is 5.91. The topological polar surface area (TPSA) is 78.8 Å². The van der Waals surface area contributed by atoms with Gasteiger partial charge in [-0.15, -0.1) is 0 Å². The van der Waals surface area contributed by atoms with Crippen LogP contribution < -0.4 is 5.32 Å². The molecular weight excluding hydrogens is 330 g/mol. The molecule has 0 radical (unpaired) electrons. The lowest BCUT2D eigenvalue weighted by molar-refractivity contribution is 0.00669. The number of anilines is 1. The number of esters is 1. The zero-order valence-corrected chi connectivity index (χ0v) is 14.5. The molecule has 0 atom stereocenters. The minimum atomic E-state index is -0.653. The van der Waals surface area contributed by atoms with Crippen LogP contribution in [0, 0.1) is 0 Å². The molecule has 0 fully saturated rings. The van der Waals surface area contributed by atoms with Crippen LogP contribution in [-0.4, -0.2) is 21.8 Å². The van der Waals surface area contributed by atoms with E-state index in [0.717, 1.165) is 0 Å². The van der Waals surface area contributed by atoms with Crippen molar-refractivity contribution in [2.75, 3.05) is 5.32 Å². The van der Waals surface area contributed by atoms with Gasteiger partial charge in [-0.2, -0.15) is 0 Å². The quantitative estimate of drug-likeness (QED) is 0.566. The number of phenols is 2. The van der Waals surface area contributed by atoms with Crippen LogP contribution in [-0.2, 0) is 11.3 Å². The van der Waals surface area contributed by atoms with Crippen LogP contribution in [0.25, 0.3) is 0 Å². The van der Waals surface area contributed by atoms with Crippen LogP contribution in [0.1, 0.15) is 36.7 Å². The monoisotopic (exact) mass is 349 g/mol. The number of ether oxygens (including phenoxy) is 1. The van der Waals surface area contributed by atoms with Gasteiger partial charge in [0.1, 0.15) is 22.7 Å². The van der Waals surface area contributed by atoms with E-state index in [4.69, 9.17) is 16.3 Å². The zero-order valence-electron chi connectivity index (χ0n) is 13.8. The molecule has 2 aromatic carbocycles. The number of hydrogen-bond acceptors (Lipinski definition) is 5. The summed E-state index contributed by atoms with van der Waals surface area (Å²) < 4.78 is 5.27. The number of carbonyl (C=O) groups is 1. The zero-order chi connectivity index (χ0) is 17.9. The van der Waals surface area contributed by atoms with Crippen LogP contribution in [0.15, 0.2) is 36.4 Å². The standard InChI is InChI=1S/C18H20ClNO4/c1-18(2,3)24-17(23)14-9-13(5-7-16(14)22)20-10-11-8-12(19)4-6-15(11)21/h4-9,20-22H,10H2,1-3H3. The van der Waals surface area contributed by atoms with E-state index >= 15 is 0 Å². The Labute approximate surface area is 145 Å². The Bertz CT molecular complexity index is 753. The van der Waals surface area contributed by atoms with Gasteiger partial charge in [0.25, 0.3) is 0 Å². The normalized spacial score (nSPS) is 11.2. The molecule has 128 valence electrons. The molecule has 0 heterocycles. The summed E-state index contributed by atoms with van der Waals surface area (Å²) in [4.78, 5) is 12.1. The van der Waals surface area contributed by atoms with E-state index in [1.54, 1.807) is 39.0 Å². The first-order valence-electron chi connectivity index (χ1n) is 7.43. The molecule has 0 saturated heterocycles. The maximum absolute atomic E-state index is 12.1. The van der Waals surface area contributed by atoms with Gasteiger partial charge in [-0.25, -0.2) is 4.79 Å². The van der Waals surface area contributed by atoms with Crippen molar-refractivity contribution >= 4 is 23.3 Å². The van der Waals surface area contributed by atoms with Crippen molar-refractivity contribution in [3.05, 3.63) is 52.5 Å². The first kappa shape index (κ1) is 17.9. The van der Waals surface area contributed by atoms with Crippen molar-refractivity contribution in [1.29, 1.82) is 0 Å². The molecule has 0 aliphatic carbocycles. The van der Waals surface area contributed by atoms with Crippen molar-refractivity contribution in [3.8, 4) is 11.5 Å². The summed E-state index contributed by atoms with van der Waals surface area (Å²) in [7, 11) is 0. The molecule has 0 unspecified atom stereocenters. The number of halogens is 1. The summed E-state index contributed by atoms with van der Waals surface area (Å²) in [6.07, 6.45) is 0. The molecule has 0 spiro atoms. The largest absolute Gasteiger partial charge is 0.508 e. The molecule has 2 aromatic rings. The Morgan fingerprint density at radius 3 is 2.46 bits per heavy atom. The highest BCUT2D eigenvalue weighted by Crippen LogP contribution is 2.26. The van der Waals surface area contributed by atoms with Gasteiger partial charge < -0.3 is 20.3 Å². The fourth-order valence-corrected chi connectivity index (χ4v) is 2.23. The minimum absolute atomic E-state index is 0.0743. The molecule has 24 heavy (non-hydrogen) atoms. The van der Waals surface area contributed by atoms with E-state index in [2.05, 4.69) is 5.32 Å². The molecular formula is C18H20ClNO4. The number of phenolic OH excluding ortho intramolecular Hbond substituents is 2. The Morgan fingerprint density at radius 2 is 1.79 bits per heavy atom. The minimum Gasteiger partial charge on any atom is -0.508 e. The van der Waals surface area contributed by atoms with Crippen molar-refractivity contribution in [1.82, 2.24) is 0 Å². The highest BCUT2D eigenvalue weighted by Gasteiger charge is 2.20. The predicted octanol–water partition coefficient (Wildman–Crippen LogP) is 4.32. The van der Waals surface area contributed by atoms with E-state index in [9.17, 15) is 15.0 Å². The van der Waals surface area contributed by atoms with Gasteiger partial charge in [0.2, 0.25) is 0 Å². The second-order valence-electron chi connectivity index (χ2n) is 6.36. The van der Waals surface area contributed by atoms with Crippen molar-refractivity contribution in [2.45, 2.75) is 32.9 Å². The number of aromatic hydroxyl groups is 2. The second kappa shape index (κ2) is 7.01. The number of rotatable bonds is 4. The maximum Gasteiger partial charge on any atom is 0.342 e. The van der Waals surface area contributed by atoms with E-state index in [1.807, 2.05) is 0 Å². The van der Waals surface area contributed by atoms with Crippen LogP contribution in [0.3, 0.4) is 0 Å². The molecule has 0 aliphatic rings. The predicted molar refractivity (Wildman–Crippen MR) is 93.7 cm³/mol. The van der Waals surface area contributed by atoms with Gasteiger partial charge in [-0.3, -0.25) is 0 Å². The molecule has 6 heteroatoms. The molecule has 0 saturated carbocycles. The maximum atomic E-state index is 12.1. The van der Waals surface area contributed by atoms with E-state index in [1.165, 1.54) is 18.2 Å². The first-order valence-corrected chi connectivity index (χ1v) is 7.81. The van der Waals surface area contributed by atoms with Crippen LogP contribution in [0.5, 0.6) is 11.5 Å². The summed E-state index contributed by atoms with van der Waals surface area (Å²) in [6.45, 7) is 5.58. The molecule has 0 amide bonds. The van der Waals surface area contributed by atoms with E-state index < -0.39 is 11.6 Å². The molecule has 0 aliphatic heterocycles.